The Bertz CT molecular complexity index is 667. The normalized spacial score (nSPS) is 26.2. The lowest BCUT2D eigenvalue weighted by atomic mass is 9.96. The van der Waals surface area contributed by atoms with Crippen molar-refractivity contribution in [3.8, 4) is 0 Å². The number of rotatable bonds is 1. The van der Waals surface area contributed by atoms with Crippen LogP contribution in [0.25, 0.3) is 0 Å². The summed E-state index contributed by atoms with van der Waals surface area (Å²) in [5.41, 5.74) is 2.00. The Balaban J connectivity index is 1.83. The van der Waals surface area contributed by atoms with Gasteiger partial charge in [-0.3, -0.25) is 14.7 Å². The van der Waals surface area contributed by atoms with Crippen LogP contribution in [0.1, 0.15) is 62.5 Å². The van der Waals surface area contributed by atoms with Gasteiger partial charge in [0, 0.05) is 38.5 Å². The van der Waals surface area contributed by atoms with E-state index in [9.17, 15) is 9.59 Å². The fourth-order valence-electron chi connectivity index (χ4n) is 3.91. The number of carbonyl (C=O) groups excluding carboxylic acids is 2. The summed E-state index contributed by atoms with van der Waals surface area (Å²) in [4.78, 5) is 28.4. The maximum Gasteiger partial charge on any atom is 0.274 e. The van der Waals surface area contributed by atoms with Crippen LogP contribution in [-0.2, 0) is 16.0 Å². The smallest absolute Gasteiger partial charge is 0.274 e. The monoisotopic (exact) mass is 334 g/mol. The van der Waals surface area contributed by atoms with Crippen LogP contribution in [0.4, 0.5) is 0 Å². The van der Waals surface area contributed by atoms with Crippen molar-refractivity contribution in [2.75, 3.05) is 19.6 Å². The molecule has 0 bridgehead atoms. The molecule has 2 aliphatic heterocycles. The SMILES string of the molecule is CC(=O)N1CCN(C(=O)c2n[nH]c3c2C[C@@H](C)O[C@H]3C)CC1(C)C. The molecular formula is C17H26N4O3. The van der Waals surface area contributed by atoms with Crippen molar-refractivity contribution >= 4 is 11.8 Å². The van der Waals surface area contributed by atoms with Gasteiger partial charge in [0.1, 0.15) is 0 Å². The van der Waals surface area contributed by atoms with Crippen LogP contribution in [0.2, 0.25) is 0 Å². The zero-order chi connectivity index (χ0) is 17.6. The predicted octanol–water partition coefficient (Wildman–Crippen LogP) is 1.51. The Hall–Kier alpha value is -1.89. The van der Waals surface area contributed by atoms with Gasteiger partial charge in [0.25, 0.3) is 5.91 Å². The number of hydrogen-bond acceptors (Lipinski definition) is 4. The largest absolute Gasteiger partial charge is 0.369 e. The second-order valence-electron chi connectivity index (χ2n) is 7.47. The highest BCUT2D eigenvalue weighted by atomic mass is 16.5. The van der Waals surface area contributed by atoms with E-state index in [-0.39, 0.29) is 29.6 Å². The molecule has 3 rings (SSSR count). The molecule has 7 heteroatoms. The minimum absolute atomic E-state index is 0.0454. The molecule has 0 spiro atoms. The standard InChI is InChI=1S/C17H26N4O3/c1-10-8-13-14(11(2)24-10)18-19-15(13)16(23)20-6-7-21(12(3)22)17(4,5)9-20/h10-11H,6-9H2,1-5H3,(H,18,19)/t10-,11+/m1/s1. The summed E-state index contributed by atoms with van der Waals surface area (Å²) in [6.07, 6.45) is 0.681. The summed E-state index contributed by atoms with van der Waals surface area (Å²) >= 11 is 0. The highest BCUT2D eigenvalue weighted by molar-refractivity contribution is 5.94. The minimum atomic E-state index is -0.375. The van der Waals surface area contributed by atoms with Gasteiger partial charge in [-0.25, -0.2) is 0 Å². The van der Waals surface area contributed by atoms with Crippen molar-refractivity contribution in [2.45, 2.75) is 58.8 Å². The molecule has 1 aromatic rings. The molecule has 0 unspecified atom stereocenters. The van der Waals surface area contributed by atoms with E-state index < -0.39 is 0 Å². The fraction of sp³-hybridized carbons (Fsp3) is 0.706. The van der Waals surface area contributed by atoms with Crippen LogP contribution in [0.15, 0.2) is 0 Å². The Morgan fingerprint density at radius 2 is 2.00 bits per heavy atom. The van der Waals surface area contributed by atoms with E-state index in [2.05, 4.69) is 10.2 Å². The summed E-state index contributed by atoms with van der Waals surface area (Å²) in [5, 5.41) is 7.26. The number of nitrogens with zero attached hydrogens (tertiary/aromatic N) is 3. The third kappa shape index (κ3) is 2.81. The molecule has 0 saturated carbocycles. The zero-order valence-electron chi connectivity index (χ0n) is 15.0. The van der Waals surface area contributed by atoms with Crippen LogP contribution in [0, 0.1) is 0 Å². The first-order valence-corrected chi connectivity index (χ1v) is 8.51. The highest BCUT2D eigenvalue weighted by Crippen LogP contribution is 2.31. The summed E-state index contributed by atoms with van der Waals surface area (Å²) in [6.45, 7) is 11.1. The van der Waals surface area contributed by atoms with Gasteiger partial charge in [-0.1, -0.05) is 0 Å². The molecule has 7 nitrogen and oxygen atoms in total. The zero-order valence-corrected chi connectivity index (χ0v) is 15.0. The molecule has 0 radical (unpaired) electrons. The van der Waals surface area contributed by atoms with E-state index in [0.717, 1.165) is 11.3 Å². The van der Waals surface area contributed by atoms with Crippen molar-refractivity contribution in [2.24, 2.45) is 0 Å². The Morgan fingerprint density at radius 1 is 1.29 bits per heavy atom. The summed E-state index contributed by atoms with van der Waals surface area (Å²) in [7, 11) is 0. The van der Waals surface area contributed by atoms with E-state index in [0.29, 0.717) is 31.7 Å². The molecule has 1 aromatic heterocycles. The third-order valence-corrected chi connectivity index (χ3v) is 5.01. The molecule has 24 heavy (non-hydrogen) atoms. The van der Waals surface area contributed by atoms with Gasteiger partial charge in [-0.05, 0) is 27.7 Å². The fourth-order valence-corrected chi connectivity index (χ4v) is 3.91. The lowest BCUT2D eigenvalue weighted by Gasteiger charge is -2.46. The number of piperazine rings is 1. The van der Waals surface area contributed by atoms with Crippen LogP contribution in [0.5, 0.6) is 0 Å². The molecule has 2 aliphatic rings. The van der Waals surface area contributed by atoms with Crippen LogP contribution < -0.4 is 0 Å². The number of amides is 2. The Labute approximate surface area is 142 Å². The second kappa shape index (κ2) is 5.88. The number of aromatic nitrogens is 2. The van der Waals surface area contributed by atoms with E-state index in [1.54, 1.807) is 11.8 Å². The molecule has 0 aromatic carbocycles. The summed E-state index contributed by atoms with van der Waals surface area (Å²) < 4.78 is 5.78. The van der Waals surface area contributed by atoms with Crippen molar-refractivity contribution in [1.82, 2.24) is 20.0 Å². The van der Waals surface area contributed by atoms with Crippen LogP contribution in [-0.4, -0.2) is 63.1 Å². The Kier molecular flexibility index (Phi) is 4.15. The number of H-pyrrole nitrogens is 1. The Morgan fingerprint density at radius 3 is 2.62 bits per heavy atom. The van der Waals surface area contributed by atoms with Crippen LogP contribution in [0.3, 0.4) is 0 Å². The average Bonchev–Trinajstić information content (AvgIpc) is 2.88. The molecule has 132 valence electrons. The van der Waals surface area contributed by atoms with Gasteiger partial charge in [0.05, 0.1) is 23.4 Å². The lowest BCUT2D eigenvalue weighted by molar-refractivity contribution is -0.137. The molecule has 1 N–H and O–H groups in total. The van der Waals surface area contributed by atoms with Crippen molar-refractivity contribution in [3.63, 3.8) is 0 Å². The molecule has 0 aliphatic carbocycles. The summed E-state index contributed by atoms with van der Waals surface area (Å²) in [6, 6.07) is 0. The number of ether oxygens (including phenoxy) is 1. The van der Waals surface area contributed by atoms with E-state index in [1.807, 2.05) is 32.6 Å². The van der Waals surface area contributed by atoms with E-state index in [1.165, 1.54) is 0 Å². The maximum atomic E-state index is 13.0. The first-order valence-electron chi connectivity index (χ1n) is 8.51. The highest BCUT2D eigenvalue weighted by Gasteiger charge is 2.39. The first kappa shape index (κ1) is 17.0. The number of hydrogen-bond donors (Lipinski definition) is 1. The molecular weight excluding hydrogens is 308 g/mol. The van der Waals surface area contributed by atoms with Gasteiger partial charge < -0.3 is 14.5 Å². The quantitative estimate of drug-likeness (QED) is 0.844. The third-order valence-electron chi connectivity index (χ3n) is 5.01. The van der Waals surface area contributed by atoms with E-state index >= 15 is 0 Å². The second-order valence-corrected chi connectivity index (χ2v) is 7.47. The van der Waals surface area contributed by atoms with Crippen LogP contribution >= 0.6 is 0 Å². The number of aromatic amines is 1. The van der Waals surface area contributed by atoms with E-state index in [4.69, 9.17) is 4.74 Å². The number of fused-ring (bicyclic) bond motifs is 1. The molecule has 3 heterocycles. The minimum Gasteiger partial charge on any atom is -0.369 e. The van der Waals surface area contributed by atoms with Gasteiger partial charge in [-0.15, -0.1) is 0 Å². The lowest BCUT2D eigenvalue weighted by Crippen LogP contribution is -2.61. The van der Waals surface area contributed by atoms with Gasteiger partial charge in [-0.2, -0.15) is 5.10 Å². The van der Waals surface area contributed by atoms with Crippen molar-refractivity contribution in [1.29, 1.82) is 0 Å². The first-order chi connectivity index (χ1) is 11.2. The van der Waals surface area contributed by atoms with Gasteiger partial charge >= 0.3 is 0 Å². The van der Waals surface area contributed by atoms with Gasteiger partial charge in [0.15, 0.2) is 5.69 Å². The molecule has 1 fully saturated rings. The average molecular weight is 334 g/mol. The van der Waals surface area contributed by atoms with Crippen molar-refractivity contribution < 1.29 is 14.3 Å². The maximum absolute atomic E-state index is 13.0. The number of nitrogens with one attached hydrogen (secondary N) is 1. The van der Waals surface area contributed by atoms with Gasteiger partial charge in [0.2, 0.25) is 5.91 Å². The topological polar surface area (TPSA) is 78.5 Å². The summed E-state index contributed by atoms with van der Waals surface area (Å²) in [5.74, 6) is -0.0193. The molecule has 2 atom stereocenters. The molecule has 2 amide bonds. The molecule has 1 saturated heterocycles. The van der Waals surface area contributed by atoms with Crippen molar-refractivity contribution in [3.05, 3.63) is 17.0 Å². The number of carbonyl (C=O) groups is 2. The predicted molar refractivity (Wildman–Crippen MR) is 88.6 cm³/mol.